The maximum Gasteiger partial charge on any atom is 0.315 e. The highest BCUT2D eigenvalue weighted by atomic mass is 32.2. The summed E-state index contributed by atoms with van der Waals surface area (Å²) < 4.78 is 25.9. The molecule has 286 valence electrons. The van der Waals surface area contributed by atoms with Crippen molar-refractivity contribution in [2.75, 3.05) is 12.3 Å². The van der Waals surface area contributed by atoms with Crippen LogP contribution in [0, 0.1) is 29.1 Å². The number of nitrogens with two attached hydrogens (primary N) is 1. The number of Topliss-reactive ketones (excluding diaryl/α,β-unsaturated/α-hetero) is 1. The molecular formula is C39H57N5O7S. The zero-order chi connectivity index (χ0) is 37.8. The van der Waals surface area contributed by atoms with Gasteiger partial charge in [0.25, 0.3) is 5.91 Å². The number of primary amides is 1. The number of carbonyl (C=O) groups is 5. The van der Waals surface area contributed by atoms with E-state index in [2.05, 4.69) is 29.8 Å². The molecule has 0 bridgehead atoms. The lowest BCUT2D eigenvalue weighted by molar-refractivity contribution is -0.144. The van der Waals surface area contributed by atoms with Crippen LogP contribution in [0.3, 0.4) is 0 Å². The fraction of sp³-hybridized carbons (Fsp3) is 0.718. The van der Waals surface area contributed by atoms with Gasteiger partial charge in [0.05, 0.1) is 22.1 Å². The standard InChI is InChI=1S/C39H57N5O7S/c1-37(2,3)52(50,51)22-39(16-9-6-10-17-39)43-36(49)42-30(26-19-24-14-7-8-15-25(24)20-26)35(48)44-21-27-29(38(27,4)5)31(44)34(47)41-28(32(45)33(40)46)18-23-12-11-13-23/h7-8,14-15,23,26-31H,6,9-13,16-22H2,1-5H3,(H2,40,46)(H,41,47)(H2,42,43,49)/t27?,28?,29?,30-,31-/m0/s1. The monoisotopic (exact) mass is 739 g/mol. The molecule has 5 aliphatic rings. The van der Waals surface area contributed by atoms with Crippen LogP contribution in [0.4, 0.5) is 4.79 Å². The van der Waals surface area contributed by atoms with Crippen molar-refractivity contribution >= 4 is 39.4 Å². The zero-order valence-corrected chi connectivity index (χ0v) is 32.2. The average molecular weight is 740 g/mol. The molecule has 0 spiro atoms. The van der Waals surface area contributed by atoms with Crippen molar-refractivity contribution in [3.8, 4) is 0 Å². The van der Waals surface area contributed by atoms with Crippen LogP contribution in [0.25, 0.3) is 0 Å². The minimum Gasteiger partial charge on any atom is -0.363 e. The molecule has 5 amide bonds. The molecule has 6 rings (SSSR count). The van der Waals surface area contributed by atoms with Crippen molar-refractivity contribution in [3.05, 3.63) is 35.4 Å². The van der Waals surface area contributed by atoms with E-state index in [9.17, 15) is 32.4 Å². The van der Waals surface area contributed by atoms with Gasteiger partial charge in [-0.05, 0) is 93.1 Å². The van der Waals surface area contributed by atoms with Gasteiger partial charge in [-0.2, -0.15) is 0 Å². The van der Waals surface area contributed by atoms with E-state index >= 15 is 0 Å². The van der Waals surface area contributed by atoms with Crippen molar-refractivity contribution in [2.45, 2.75) is 134 Å². The summed E-state index contributed by atoms with van der Waals surface area (Å²) in [5, 5.41) is 8.91. The SMILES string of the molecule is CC1(C)C2CN(C(=O)[C@@H](NC(=O)NC3(CS(=O)(=O)C(C)(C)C)CCCCC3)C3Cc4ccccc4C3)[C@H](C(=O)NC(CC3CCC3)C(=O)C(N)=O)C21. The second kappa shape index (κ2) is 14.1. The molecule has 3 saturated carbocycles. The fourth-order valence-electron chi connectivity index (χ4n) is 9.46. The zero-order valence-electron chi connectivity index (χ0n) is 31.3. The number of urea groups is 1. The smallest absolute Gasteiger partial charge is 0.315 e. The van der Waals surface area contributed by atoms with Gasteiger partial charge in [0.2, 0.25) is 17.6 Å². The Kier molecular flexibility index (Phi) is 10.3. The van der Waals surface area contributed by atoms with Gasteiger partial charge in [0.15, 0.2) is 9.84 Å². The number of piperidine rings is 1. The summed E-state index contributed by atoms with van der Waals surface area (Å²) in [5.41, 5.74) is 6.40. The third kappa shape index (κ3) is 7.48. The average Bonchev–Trinajstić information content (AvgIpc) is 3.40. The molecule has 4 aliphatic carbocycles. The summed E-state index contributed by atoms with van der Waals surface area (Å²) in [4.78, 5) is 69.6. The van der Waals surface area contributed by atoms with E-state index in [1.807, 2.05) is 24.3 Å². The number of benzene rings is 1. The van der Waals surface area contributed by atoms with E-state index in [0.29, 0.717) is 38.6 Å². The summed E-state index contributed by atoms with van der Waals surface area (Å²) in [7, 11) is -3.58. The molecule has 1 aliphatic heterocycles. The van der Waals surface area contributed by atoms with Crippen LogP contribution in [0.5, 0.6) is 0 Å². The lowest BCUT2D eigenvalue weighted by Gasteiger charge is -2.40. The molecule has 0 radical (unpaired) electrons. The number of fused-ring (bicyclic) bond motifs is 2. The van der Waals surface area contributed by atoms with Gasteiger partial charge in [-0.1, -0.05) is 76.6 Å². The van der Waals surface area contributed by atoms with Crippen molar-refractivity contribution in [3.63, 3.8) is 0 Å². The summed E-state index contributed by atoms with van der Waals surface area (Å²) in [6.45, 7) is 9.45. The van der Waals surface area contributed by atoms with Crippen LogP contribution in [0.15, 0.2) is 24.3 Å². The van der Waals surface area contributed by atoms with Crippen LogP contribution < -0.4 is 21.7 Å². The largest absolute Gasteiger partial charge is 0.363 e. The van der Waals surface area contributed by atoms with E-state index < -0.39 is 61.9 Å². The third-order valence-corrected chi connectivity index (χ3v) is 15.9. The van der Waals surface area contributed by atoms with Gasteiger partial charge >= 0.3 is 6.03 Å². The van der Waals surface area contributed by atoms with E-state index in [1.165, 1.54) is 0 Å². The summed E-state index contributed by atoms with van der Waals surface area (Å²) >= 11 is 0. The highest BCUT2D eigenvalue weighted by Gasteiger charge is 2.70. The van der Waals surface area contributed by atoms with Crippen molar-refractivity contribution in [2.24, 2.45) is 34.8 Å². The predicted molar refractivity (Wildman–Crippen MR) is 197 cm³/mol. The third-order valence-electron chi connectivity index (χ3n) is 13.1. The van der Waals surface area contributed by atoms with E-state index in [0.717, 1.165) is 49.7 Å². The van der Waals surface area contributed by atoms with Gasteiger partial charge in [0, 0.05) is 6.54 Å². The van der Waals surface area contributed by atoms with E-state index in [1.54, 1.807) is 25.7 Å². The van der Waals surface area contributed by atoms with Crippen molar-refractivity contribution in [1.82, 2.24) is 20.9 Å². The lowest BCUT2D eigenvalue weighted by atomic mass is 9.80. The number of carbonyl (C=O) groups excluding carboxylic acids is 5. The summed E-state index contributed by atoms with van der Waals surface area (Å²) in [6.07, 6.45) is 7.82. The minimum absolute atomic E-state index is 0.0486. The molecule has 1 aromatic carbocycles. The number of rotatable bonds is 12. The molecule has 1 aromatic rings. The number of nitrogens with one attached hydrogen (secondary N) is 3. The highest BCUT2D eigenvalue weighted by molar-refractivity contribution is 7.92. The Morgan fingerprint density at radius 3 is 2.10 bits per heavy atom. The molecule has 13 heteroatoms. The lowest BCUT2D eigenvalue weighted by Crippen LogP contribution is -2.63. The normalized spacial score (nSPS) is 26.2. The predicted octanol–water partition coefficient (Wildman–Crippen LogP) is 3.20. The number of sulfone groups is 1. The Balaban J connectivity index is 1.26. The molecule has 5 N–H and O–H groups in total. The first-order valence-corrected chi connectivity index (χ1v) is 20.8. The highest BCUT2D eigenvalue weighted by Crippen LogP contribution is 2.65. The Bertz CT molecular complexity index is 1680. The fourth-order valence-corrected chi connectivity index (χ4v) is 11.0. The second-order valence-corrected chi connectivity index (χ2v) is 20.7. The first-order chi connectivity index (χ1) is 24.3. The van der Waals surface area contributed by atoms with Gasteiger partial charge in [0.1, 0.15) is 12.1 Å². The van der Waals surface area contributed by atoms with E-state index in [4.69, 9.17) is 5.73 Å². The van der Waals surface area contributed by atoms with Crippen molar-refractivity contribution in [1.29, 1.82) is 0 Å². The minimum atomic E-state index is -3.58. The number of likely N-dealkylation sites (tertiary alicyclic amines) is 1. The molecule has 3 unspecified atom stereocenters. The molecule has 4 fully saturated rings. The number of nitrogens with zero attached hydrogens (tertiary/aromatic N) is 1. The van der Waals surface area contributed by atoms with Gasteiger partial charge in [-0.15, -0.1) is 0 Å². The number of hydrogen-bond donors (Lipinski definition) is 4. The Morgan fingerprint density at radius 2 is 1.56 bits per heavy atom. The Labute approximate surface area is 308 Å². The van der Waals surface area contributed by atoms with Crippen LogP contribution in [0.2, 0.25) is 0 Å². The first kappa shape index (κ1) is 38.3. The van der Waals surface area contributed by atoms with Gasteiger partial charge in [-0.25, -0.2) is 13.2 Å². The molecule has 1 saturated heterocycles. The molecule has 0 aromatic heterocycles. The summed E-state index contributed by atoms with van der Waals surface area (Å²) in [5.74, 6) is -3.20. The molecule has 1 heterocycles. The van der Waals surface area contributed by atoms with Crippen LogP contribution >= 0.6 is 0 Å². The van der Waals surface area contributed by atoms with Crippen LogP contribution in [-0.4, -0.2) is 83.6 Å². The summed E-state index contributed by atoms with van der Waals surface area (Å²) in [6, 6.07) is 4.39. The maximum atomic E-state index is 14.9. The number of ketones is 1. The van der Waals surface area contributed by atoms with E-state index in [-0.39, 0.29) is 40.7 Å². The second-order valence-electron chi connectivity index (χ2n) is 17.9. The number of amides is 5. The first-order valence-electron chi connectivity index (χ1n) is 19.2. The quantitative estimate of drug-likeness (QED) is 0.237. The van der Waals surface area contributed by atoms with Crippen LogP contribution in [0.1, 0.15) is 104 Å². The molecule has 5 atom stereocenters. The van der Waals surface area contributed by atoms with Crippen molar-refractivity contribution < 1.29 is 32.4 Å². The van der Waals surface area contributed by atoms with Crippen LogP contribution in [-0.2, 0) is 41.9 Å². The maximum absolute atomic E-state index is 14.9. The Hall–Kier alpha value is -3.48. The topological polar surface area (TPSA) is 185 Å². The molecule has 12 nitrogen and oxygen atoms in total. The molecule has 52 heavy (non-hydrogen) atoms. The Morgan fingerprint density at radius 1 is 0.942 bits per heavy atom. The molecular weight excluding hydrogens is 683 g/mol. The van der Waals surface area contributed by atoms with Gasteiger partial charge in [-0.3, -0.25) is 19.2 Å². The number of hydrogen-bond acceptors (Lipinski definition) is 7. The van der Waals surface area contributed by atoms with Gasteiger partial charge < -0.3 is 26.6 Å².